The Morgan fingerprint density at radius 1 is 1.68 bits per heavy atom. The van der Waals surface area contributed by atoms with Crippen molar-refractivity contribution in [2.45, 2.75) is 31.5 Å². The van der Waals surface area contributed by atoms with Crippen molar-refractivity contribution in [3.05, 3.63) is 23.7 Å². The third-order valence-corrected chi connectivity index (χ3v) is 3.28. The highest BCUT2D eigenvalue weighted by Gasteiger charge is 2.36. The van der Waals surface area contributed by atoms with Gasteiger partial charge in [-0.05, 0) is 31.5 Å². The second-order valence-corrected chi connectivity index (χ2v) is 4.53. The highest BCUT2D eigenvalue weighted by Crippen LogP contribution is 2.22. The highest BCUT2D eigenvalue weighted by molar-refractivity contribution is 5.76. The number of carbonyl (C=O) groups is 1. The van der Waals surface area contributed by atoms with Gasteiger partial charge in [0.2, 0.25) is 5.76 Å². The van der Waals surface area contributed by atoms with Crippen LogP contribution in [0.3, 0.4) is 0 Å². The van der Waals surface area contributed by atoms with Gasteiger partial charge < -0.3 is 14.3 Å². The van der Waals surface area contributed by atoms with E-state index in [9.17, 15) is 9.90 Å². The molecular weight excluding hydrogens is 248 g/mol. The van der Waals surface area contributed by atoms with Crippen molar-refractivity contribution in [2.75, 3.05) is 13.7 Å². The number of furan rings is 1. The molecule has 6 heteroatoms. The van der Waals surface area contributed by atoms with Gasteiger partial charge in [-0.15, -0.1) is 0 Å². The average molecular weight is 264 g/mol. The van der Waals surface area contributed by atoms with E-state index in [1.807, 2.05) is 11.0 Å². The predicted octanol–water partition coefficient (Wildman–Crippen LogP) is 0.650. The fraction of sp³-hybridized carbons (Fsp3) is 0.538. The summed E-state index contributed by atoms with van der Waals surface area (Å²) >= 11 is 0. The summed E-state index contributed by atoms with van der Waals surface area (Å²) in [5, 5.41) is 18.7. The Balaban J connectivity index is 2.11. The number of nitriles is 1. The second-order valence-electron chi connectivity index (χ2n) is 4.53. The van der Waals surface area contributed by atoms with Gasteiger partial charge in [-0.2, -0.15) is 5.26 Å². The highest BCUT2D eigenvalue weighted by atomic mass is 16.5. The number of piperidine rings is 1. The van der Waals surface area contributed by atoms with Gasteiger partial charge in [0.1, 0.15) is 17.9 Å². The van der Waals surface area contributed by atoms with Crippen LogP contribution in [0.4, 0.5) is 0 Å². The molecule has 0 aromatic carbocycles. The van der Waals surface area contributed by atoms with Crippen LogP contribution in [0, 0.1) is 11.3 Å². The van der Waals surface area contributed by atoms with Crippen LogP contribution in [0.5, 0.6) is 0 Å². The number of aliphatic hydroxyl groups is 1. The fourth-order valence-electron chi connectivity index (χ4n) is 2.37. The minimum atomic E-state index is -0.730. The molecule has 1 aromatic heterocycles. The summed E-state index contributed by atoms with van der Waals surface area (Å²) in [6.07, 6.45) is 0.657. The number of ether oxygens (including phenoxy) is 1. The first-order chi connectivity index (χ1) is 9.15. The molecule has 1 aromatic rings. The number of nitrogens with zero attached hydrogens (tertiary/aromatic N) is 2. The minimum Gasteiger partial charge on any atom is -0.468 e. The Labute approximate surface area is 111 Å². The summed E-state index contributed by atoms with van der Waals surface area (Å²) in [5.74, 6) is 0.390. The number of hydrogen-bond donors (Lipinski definition) is 1. The number of methoxy groups -OCH3 is 1. The van der Waals surface area contributed by atoms with Crippen molar-refractivity contribution in [1.82, 2.24) is 4.90 Å². The van der Waals surface area contributed by atoms with Gasteiger partial charge >= 0.3 is 5.97 Å². The quantitative estimate of drug-likeness (QED) is 0.807. The van der Waals surface area contributed by atoms with Crippen LogP contribution in [0.25, 0.3) is 0 Å². The first-order valence-electron chi connectivity index (χ1n) is 6.14. The third kappa shape index (κ3) is 2.95. The molecule has 19 heavy (non-hydrogen) atoms. The van der Waals surface area contributed by atoms with Crippen molar-refractivity contribution in [3.63, 3.8) is 0 Å². The zero-order chi connectivity index (χ0) is 13.8. The van der Waals surface area contributed by atoms with Crippen molar-refractivity contribution >= 4 is 5.97 Å². The van der Waals surface area contributed by atoms with Crippen LogP contribution in [-0.2, 0) is 16.1 Å². The van der Waals surface area contributed by atoms with E-state index >= 15 is 0 Å². The molecule has 2 atom stereocenters. The lowest BCUT2D eigenvalue weighted by molar-refractivity contribution is -0.154. The number of likely N-dealkylation sites (tertiary alicyclic amines) is 1. The first kappa shape index (κ1) is 13.6. The lowest BCUT2D eigenvalue weighted by atomic mass is 9.99. The van der Waals surface area contributed by atoms with Crippen molar-refractivity contribution in [1.29, 1.82) is 5.26 Å². The van der Waals surface area contributed by atoms with Gasteiger partial charge in [0, 0.05) is 0 Å². The Morgan fingerprint density at radius 3 is 3.11 bits per heavy atom. The Hall–Kier alpha value is -1.84. The van der Waals surface area contributed by atoms with Crippen molar-refractivity contribution in [2.24, 2.45) is 0 Å². The molecule has 0 bridgehead atoms. The Kier molecular flexibility index (Phi) is 4.20. The van der Waals surface area contributed by atoms with Crippen molar-refractivity contribution < 1.29 is 19.1 Å². The summed E-state index contributed by atoms with van der Waals surface area (Å²) in [6, 6.07) is 4.53. The molecule has 1 fully saturated rings. The maximum Gasteiger partial charge on any atom is 0.325 e. The van der Waals surface area contributed by atoms with Crippen LogP contribution in [-0.4, -0.2) is 41.8 Å². The van der Waals surface area contributed by atoms with Crippen molar-refractivity contribution in [3.8, 4) is 6.07 Å². The van der Waals surface area contributed by atoms with Crippen LogP contribution in [0.1, 0.15) is 24.4 Å². The smallest absolute Gasteiger partial charge is 0.325 e. The molecular formula is C13H16N2O4. The summed E-state index contributed by atoms with van der Waals surface area (Å²) in [6.45, 7) is 1.05. The molecule has 0 amide bonds. The number of aliphatic hydroxyl groups excluding tert-OH is 1. The predicted molar refractivity (Wildman–Crippen MR) is 64.9 cm³/mol. The van der Waals surface area contributed by atoms with E-state index in [4.69, 9.17) is 14.4 Å². The summed E-state index contributed by atoms with van der Waals surface area (Å²) in [4.78, 5) is 13.6. The molecule has 0 aliphatic carbocycles. The lowest BCUT2D eigenvalue weighted by Gasteiger charge is -2.36. The van der Waals surface area contributed by atoms with E-state index in [-0.39, 0.29) is 5.76 Å². The standard InChI is InChI=1S/C13H16N2O4/c1-18-13(17)12-11(16)3-2-6-15(12)8-10-5-4-9(7-14)19-10/h4-5,11-12,16H,2-3,6,8H2,1H3/t11-,12+/m0/s1. The summed E-state index contributed by atoms with van der Waals surface area (Å²) in [5.41, 5.74) is 0. The van der Waals surface area contributed by atoms with Crippen LogP contribution < -0.4 is 0 Å². The number of hydrogen-bond acceptors (Lipinski definition) is 6. The Morgan fingerprint density at radius 2 is 2.47 bits per heavy atom. The SMILES string of the molecule is COC(=O)[C@H]1[C@@H](O)CCCN1Cc1ccc(C#N)o1. The zero-order valence-electron chi connectivity index (χ0n) is 10.7. The number of esters is 1. The first-order valence-corrected chi connectivity index (χ1v) is 6.14. The molecule has 102 valence electrons. The molecule has 1 aliphatic rings. The number of carbonyl (C=O) groups excluding carboxylic acids is 1. The molecule has 1 N–H and O–H groups in total. The van der Waals surface area contributed by atoms with E-state index in [0.29, 0.717) is 25.3 Å². The molecule has 2 rings (SSSR count). The molecule has 0 unspecified atom stereocenters. The van der Waals surface area contributed by atoms with E-state index in [1.54, 1.807) is 12.1 Å². The summed E-state index contributed by atoms with van der Waals surface area (Å²) in [7, 11) is 1.31. The average Bonchev–Trinajstić information content (AvgIpc) is 2.86. The molecule has 0 spiro atoms. The van der Waals surface area contributed by atoms with Crippen LogP contribution in [0.2, 0.25) is 0 Å². The molecule has 0 saturated carbocycles. The van der Waals surface area contributed by atoms with E-state index in [2.05, 4.69) is 0 Å². The zero-order valence-corrected chi connectivity index (χ0v) is 10.7. The van der Waals surface area contributed by atoms with Gasteiger partial charge in [-0.1, -0.05) is 0 Å². The van der Waals surface area contributed by atoms with Gasteiger partial charge in [0.25, 0.3) is 0 Å². The largest absolute Gasteiger partial charge is 0.468 e. The second kappa shape index (κ2) is 5.87. The van der Waals surface area contributed by atoms with Gasteiger partial charge in [0.05, 0.1) is 19.8 Å². The maximum atomic E-state index is 11.7. The molecule has 6 nitrogen and oxygen atoms in total. The minimum absolute atomic E-state index is 0.238. The lowest BCUT2D eigenvalue weighted by Crippen LogP contribution is -2.52. The van der Waals surface area contributed by atoms with E-state index in [0.717, 1.165) is 6.42 Å². The normalized spacial score (nSPS) is 23.8. The van der Waals surface area contributed by atoms with Crippen LogP contribution in [0.15, 0.2) is 16.5 Å². The van der Waals surface area contributed by atoms with Crippen LogP contribution >= 0.6 is 0 Å². The third-order valence-electron chi connectivity index (χ3n) is 3.28. The van der Waals surface area contributed by atoms with Gasteiger partial charge in [-0.25, -0.2) is 0 Å². The van der Waals surface area contributed by atoms with E-state index < -0.39 is 18.1 Å². The van der Waals surface area contributed by atoms with E-state index in [1.165, 1.54) is 7.11 Å². The monoisotopic (exact) mass is 264 g/mol. The Bertz CT molecular complexity index is 491. The number of rotatable bonds is 3. The molecule has 1 saturated heterocycles. The molecule has 1 aliphatic heterocycles. The fourth-order valence-corrected chi connectivity index (χ4v) is 2.37. The topological polar surface area (TPSA) is 86.7 Å². The molecule has 0 radical (unpaired) electrons. The van der Waals surface area contributed by atoms with Gasteiger partial charge in [-0.3, -0.25) is 9.69 Å². The maximum absolute atomic E-state index is 11.7. The van der Waals surface area contributed by atoms with Gasteiger partial charge in [0.15, 0.2) is 0 Å². The molecule has 2 heterocycles. The summed E-state index contributed by atoms with van der Waals surface area (Å²) < 4.78 is 10.0.